The number of hydrogen-bond acceptors (Lipinski definition) is 2. The molecule has 1 saturated heterocycles. The second-order valence-corrected chi connectivity index (χ2v) is 4.91. The summed E-state index contributed by atoms with van der Waals surface area (Å²) in [6.45, 7) is 5.04. The minimum atomic E-state index is -0.376. The Balaban J connectivity index is 2.11. The minimum absolute atomic E-state index is 0.0676. The van der Waals surface area contributed by atoms with Crippen molar-refractivity contribution in [1.82, 2.24) is 0 Å². The lowest BCUT2D eigenvalue weighted by molar-refractivity contribution is -0.284. The van der Waals surface area contributed by atoms with Crippen molar-refractivity contribution < 1.29 is 9.47 Å². The van der Waals surface area contributed by atoms with Gasteiger partial charge in [0.05, 0.1) is 12.7 Å². The molecule has 18 heavy (non-hydrogen) atoms. The van der Waals surface area contributed by atoms with Crippen molar-refractivity contribution in [2.75, 3.05) is 6.61 Å². The molecule has 1 heterocycles. The van der Waals surface area contributed by atoms with E-state index in [0.29, 0.717) is 6.61 Å². The van der Waals surface area contributed by atoms with Crippen LogP contribution in [-0.4, -0.2) is 12.4 Å². The van der Waals surface area contributed by atoms with Crippen molar-refractivity contribution in [3.05, 3.63) is 42.3 Å². The summed E-state index contributed by atoms with van der Waals surface area (Å²) in [6.07, 6.45) is 6.29. The first kappa shape index (κ1) is 13.6. The van der Waals surface area contributed by atoms with E-state index in [-0.39, 0.29) is 11.9 Å². The normalized spacial score (nSPS) is 22.9. The van der Waals surface area contributed by atoms with Crippen LogP contribution in [0.5, 0.6) is 0 Å². The average molecular weight is 247 g/mol. The molecule has 1 aromatic rings. The predicted octanol–water partition coefficient (Wildman–Crippen LogP) is 4.28. The van der Waals surface area contributed by atoms with Crippen LogP contribution in [0.4, 0.5) is 0 Å². The minimum Gasteiger partial charge on any atom is -0.349 e. The van der Waals surface area contributed by atoms with Crippen LogP contribution < -0.4 is 0 Å². The van der Waals surface area contributed by atoms with Crippen molar-refractivity contribution in [3.63, 3.8) is 0 Å². The van der Waals surface area contributed by atoms with Crippen LogP contribution >= 0.6 is 0 Å². The second kappa shape index (κ2) is 6.35. The Morgan fingerprint density at radius 1 is 1.11 bits per heavy atom. The highest BCUT2D eigenvalue weighted by Crippen LogP contribution is 2.37. The molecule has 1 unspecified atom stereocenters. The third-order valence-corrected chi connectivity index (χ3v) is 3.39. The zero-order valence-electron chi connectivity index (χ0n) is 11.4. The van der Waals surface area contributed by atoms with Gasteiger partial charge in [-0.05, 0) is 5.56 Å². The molecule has 1 aliphatic rings. The van der Waals surface area contributed by atoms with Gasteiger partial charge in [0, 0.05) is 19.3 Å². The lowest BCUT2D eigenvalue weighted by atomic mass is 10.00. The number of ether oxygens (including phenoxy) is 2. The van der Waals surface area contributed by atoms with Gasteiger partial charge in [-0.25, -0.2) is 0 Å². The Hall–Kier alpha value is -0.860. The SMILES string of the molecule is CCCC1(CCC)OC[CH]C(c2ccccc2)O1. The highest BCUT2D eigenvalue weighted by molar-refractivity contribution is 5.20. The maximum Gasteiger partial charge on any atom is 0.169 e. The van der Waals surface area contributed by atoms with Crippen LogP contribution in [0.1, 0.15) is 51.2 Å². The zero-order chi connectivity index (χ0) is 12.8. The number of hydrogen-bond donors (Lipinski definition) is 0. The van der Waals surface area contributed by atoms with Crippen LogP contribution in [0.15, 0.2) is 30.3 Å². The highest BCUT2D eigenvalue weighted by atomic mass is 16.7. The van der Waals surface area contributed by atoms with Crippen molar-refractivity contribution in [3.8, 4) is 0 Å². The quantitative estimate of drug-likeness (QED) is 0.773. The van der Waals surface area contributed by atoms with Crippen LogP contribution in [0, 0.1) is 6.42 Å². The standard InChI is InChI=1S/C16H23O2/c1-3-11-16(12-4-2)17-13-10-15(18-16)14-8-6-5-7-9-14/h5-10,15H,3-4,11-13H2,1-2H3. The Bertz CT molecular complexity index is 336. The largest absolute Gasteiger partial charge is 0.349 e. The molecule has 2 nitrogen and oxygen atoms in total. The molecule has 1 radical (unpaired) electrons. The van der Waals surface area contributed by atoms with Gasteiger partial charge in [0.25, 0.3) is 0 Å². The molecule has 0 saturated carbocycles. The van der Waals surface area contributed by atoms with Gasteiger partial charge in [-0.3, -0.25) is 0 Å². The van der Waals surface area contributed by atoms with Gasteiger partial charge in [0.1, 0.15) is 0 Å². The monoisotopic (exact) mass is 247 g/mol. The van der Waals surface area contributed by atoms with Gasteiger partial charge in [-0.2, -0.15) is 0 Å². The van der Waals surface area contributed by atoms with Gasteiger partial charge in [0.15, 0.2) is 5.79 Å². The average Bonchev–Trinajstić information content (AvgIpc) is 2.40. The fraction of sp³-hybridized carbons (Fsp3) is 0.562. The van der Waals surface area contributed by atoms with E-state index < -0.39 is 0 Å². The summed E-state index contributed by atoms with van der Waals surface area (Å²) in [5, 5.41) is 0. The van der Waals surface area contributed by atoms with E-state index in [1.165, 1.54) is 5.56 Å². The topological polar surface area (TPSA) is 18.5 Å². The molecule has 0 aliphatic carbocycles. The second-order valence-electron chi connectivity index (χ2n) is 4.91. The summed E-state index contributed by atoms with van der Waals surface area (Å²) >= 11 is 0. The van der Waals surface area contributed by atoms with Gasteiger partial charge >= 0.3 is 0 Å². The third-order valence-electron chi connectivity index (χ3n) is 3.39. The Kier molecular flexibility index (Phi) is 4.79. The first-order valence-electron chi connectivity index (χ1n) is 6.99. The Labute approximate surface area is 110 Å². The third kappa shape index (κ3) is 3.12. The first-order chi connectivity index (χ1) is 8.79. The number of benzene rings is 1. The van der Waals surface area contributed by atoms with Crippen molar-refractivity contribution in [2.45, 2.75) is 51.4 Å². The fourth-order valence-electron chi connectivity index (χ4n) is 2.60. The van der Waals surface area contributed by atoms with Gasteiger partial charge in [0.2, 0.25) is 0 Å². The summed E-state index contributed by atoms with van der Waals surface area (Å²) in [5.74, 6) is -0.376. The molecule has 0 aromatic heterocycles. The molecule has 1 aliphatic heterocycles. The number of rotatable bonds is 5. The molecule has 99 valence electrons. The van der Waals surface area contributed by atoms with E-state index >= 15 is 0 Å². The molecule has 0 bridgehead atoms. The predicted molar refractivity (Wildman–Crippen MR) is 73.1 cm³/mol. The van der Waals surface area contributed by atoms with Gasteiger partial charge in [-0.15, -0.1) is 0 Å². The van der Waals surface area contributed by atoms with Crippen molar-refractivity contribution in [1.29, 1.82) is 0 Å². The fourth-order valence-corrected chi connectivity index (χ4v) is 2.60. The lowest BCUT2D eigenvalue weighted by Crippen LogP contribution is -2.42. The van der Waals surface area contributed by atoms with E-state index in [2.05, 4.69) is 44.5 Å². The lowest BCUT2D eigenvalue weighted by Gasteiger charge is -2.41. The van der Waals surface area contributed by atoms with Gasteiger partial charge < -0.3 is 9.47 Å². The Morgan fingerprint density at radius 3 is 2.39 bits per heavy atom. The Morgan fingerprint density at radius 2 is 1.78 bits per heavy atom. The van der Waals surface area contributed by atoms with Crippen LogP contribution in [0.2, 0.25) is 0 Å². The molecule has 0 amide bonds. The molecule has 1 fully saturated rings. The van der Waals surface area contributed by atoms with Gasteiger partial charge in [-0.1, -0.05) is 57.0 Å². The zero-order valence-corrected chi connectivity index (χ0v) is 11.4. The molecule has 2 rings (SSSR count). The van der Waals surface area contributed by atoms with Crippen LogP contribution in [0.3, 0.4) is 0 Å². The van der Waals surface area contributed by atoms with Crippen LogP contribution in [-0.2, 0) is 9.47 Å². The molecule has 1 atom stereocenters. The smallest absolute Gasteiger partial charge is 0.169 e. The molecule has 0 N–H and O–H groups in total. The highest BCUT2D eigenvalue weighted by Gasteiger charge is 2.37. The van der Waals surface area contributed by atoms with E-state index in [4.69, 9.17) is 9.47 Å². The summed E-state index contributed by atoms with van der Waals surface area (Å²) < 4.78 is 12.2. The maximum absolute atomic E-state index is 6.26. The summed E-state index contributed by atoms with van der Waals surface area (Å²) in [4.78, 5) is 0. The maximum atomic E-state index is 6.26. The van der Waals surface area contributed by atoms with E-state index in [1.807, 2.05) is 6.07 Å². The van der Waals surface area contributed by atoms with E-state index in [1.54, 1.807) is 0 Å². The summed E-state index contributed by atoms with van der Waals surface area (Å²) in [6, 6.07) is 10.4. The van der Waals surface area contributed by atoms with E-state index in [9.17, 15) is 0 Å². The molecule has 1 aromatic carbocycles. The summed E-state index contributed by atoms with van der Waals surface area (Å²) in [5.41, 5.74) is 1.22. The molecular weight excluding hydrogens is 224 g/mol. The molecule has 2 heteroatoms. The van der Waals surface area contributed by atoms with Crippen LogP contribution in [0.25, 0.3) is 0 Å². The first-order valence-corrected chi connectivity index (χ1v) is 6.99. The van der Waals surface area contributed by atoms with Crippen molar-refractivity contribution >= 4 is 0 Å². The molecular formula is C16H23O2. The van der Waals surface area contributed by atoms with Crippen molar-refractivity contribution in [2.24, 2.45) is 0 Å². The summed E-state index contributed by atoms with van der Waals surface area (Å²) in [7, 11) is 0. The van der Waals surface area contributed by atoms with E-state index in [0.717, 1.165) is 25.7 Å². The molecule has 0 spiro atoms.